The highest BCUT2D eigenvalue weighted by molar-refractivity contribution is 6.12. The minimum atomic E-state index is 0.112. The second-order valence-electron chi connectivity index (χ2n) is 4.35. The summed E-state index contributed by atoms with van der Waals surface area (Å²) < 4.78 is 0. The first-order chi connectivity index (χ1) is 8.01. The van der Waals surface area contributed by atoms with E-state index in [2.05, 4.69) is 19.1 Å². The van der Waals surface area contributed by atoms with Crippen molar-refractivity contribution in [2.45, 2.75) is 34.6 Å². The highest BCUT2D eigenvalue weighted by atomic mass is 16.1. The Kier molecular flexibility index (Phi) is 4.45. The van der Waals surface area contributed by atoms with Gasteiger partial charge in [0.1, 0.15) is 0 Å². The smallest absolute Gasteiger partial charge is 0.193 e. The molecule has 1 heteroatoms. The van der Waals surface area contributed by atoms with Crippen molar-refractivity contribution in [2.24, 2.45) is 0 Å². The van der Waals surface area contributed by atoms with Crippen LogP contribution < -0.4 is 0 Å². The lowest BCUT2D eigenvalue weighted by molar-refractivity contribution is 0.103. The Morgan fingerprint density at radius 3 is 2.00 bits per heavy atom. The molecule has 0 aliphatic carbocycles. The Morgan fingerprint density at radius 2 is 1.59 bits per heavy atom. The number of ketones is 1. The largest absolute Gasteiger partial charge is 0.289 e. The van der Waals surface area contributed by atoms with Crippen LogP contribution in [0.5, 0.6) is 0 Å². The van der Waals surface area contributed by atoms with E-state index in [1.54, 1.807) is 0 Å². The summed E-state index contributed by atoms with van der Waals surface area (Å²) in [6, 6.07) is 4.12. The normalized spacial score (nSPS) is 12.2. The monoisotopic (exact) mass is 228 g/mol. The van der Waals surface area contributed by atoms with Crippen LogP contribution in [0.3, 0.4) is 0 Å². The SMILES string of the molecule is C/C=C\C(=C/C)C(=O)c1c(C)cc(C)cc1C. The molecule has 0 aromatic heterocycles. The minimum absolute atomic E-state index is 0.112. The summed E-state index contributed by atoms with van der Waals surface area (Å²) in [4.78, 5) is 12.4. The van der Waals surface area contributed by atoms with Gasteiger partial charge in [0.2, 0.25) is 0 Å². The summed E-state index contributed by atoms with van der Waals surface area (Å²) in [6.07, 6.45) is 5.62. The molecular weight excluding hydrogens is 208 g/mol. The van der Waals surface area contributed by atoms with Crippen LogP contribution in [0.15, 0.2) is 35.9 Å². The molecule has 1 nitrogen and oxygen atoms in total. The Balaban J connectivity index is 3.30. The molecule has 0 heterocycles. The van der Waals surface area contributed by atoms with E-state index < -0.39 is 0 Å². The van der Waals surface area contributed by atoms with Gasteiger partial charge in [-0.1, -0.05) is 35.9 Å². The summed E-state index contributed by atoms with van der Waals surface area (Å²) in [7, 11) is 0. The molecule has 1 rings (SSSR count). The van der Waals surface area contributed by atoms with Crippen LogP contribution in [0.2, 0.25) is 0 Å². The molecule has 0 N–H and O–H groups in total. The van der Waals surface area contributed by atoms with Crippen LogP contribution in [0, 0.1) is 20.8 Å². The molecule has 1 aromatic carbocycles. The lowest BCUT2D eigenvalue weighted by atomic mass is 9.93. The third-order valence-electron chi connectivity index (χ3n) is 2.82. The Hall–Kier alpha value is -1.63. The fourth-order valence-electron chi connectivity index (χ4n) is 2.17. The van der Waals surface area contributed by atoms with Gasteiger partial charge >= 0.3 is 0 Å². The summed E-state index contributed by atoms with van der Waals surface area (Å²) in [6.45, 7) is 9.86. The summed E-state index contributed by atoms with van der Waals surface area (Å²) in [5.41, 5.74) is 4.89. The number of carbonyl (C=O) groups is 1. The molecule has 0 amide bonds. The number of hydrogen-bond acceptors (Lipinski definition) is 1. The molecule has 0 radical (unpaired) electrons. The third kappa shape index (κ3) is 2.94. The first kappa shape index (κ1) is 13.4. The molecule has 0 atom stereocenters. The maximum atomic E-state index is 12.4. The molecular formula is C16H20O. The quantitative estimate of drug-likeness (QED) is 0.428. The second-order valence-corrected chi connectivity index (χ2v) is 4.35. The van der Waals surface area contributed by atoms with Crippen LogP contribution in [-0.2, 0) is 0 Å². The van der Waals surface area contributed by atoms with E-state index in [1.165, 1.54) is 5.56 Å². The Morgan fingerprint density at radius 1 is 1.06 bits per heavy atom. The molecule has 0 saturated heterocycles. The van der Waals surface area contributed by atoms with Gasteiger partial charge in [-0.05, 0) is 45.7 Å². The summed E-state index contributed by atoms with van der Waals surface area (Å²) in [5.74, 6) is 0.112. The maximum Gasteiger partial charge on any atom is 0.193 e. The average Bonchev–Trinajstić information content (AvgIpc) is 2.24. The fraction of sp³-hybridized carbons (Fsp3) is 0.312. The summed E-state index contributed by atoms with van der Waals surface area (Å²) >= 11 is 0. The molecule has 17 heavy (non-hydrogen) atoms. The van der Waals surface area contributed by atoms with Gasteiger partial charge in [0.05, 0.1) is 0 Å². The van der Waals surface area contributed by atoms with Crippen molar-refractivity contribution in [3.63, 3.8) is 0 Å². The van der Waals surface area contributed by atoms with Crippen molar-refractivity contribution < 1.29 is 4.79 Å². The van der Waals surface area contributed by atoms with E-state index in [-0.39, 0.29) is 5.78 Å². The van der Waals surface area contributed by atoms with Gasteiger partial charge in [-0.2, -0.15) is 0 Å². The highest BCUT2D eigenvalue weighted by Gasteiger charge is 2.14. The number of rotatable bonds is 3. The van der Waals surface area contributed by atoms with Crippen molar-refractivity contribution in [3.05, 3.63) is 58.2 Å². The van der Waals surface area contributed by atoms with Gasteiger partial charge in [0.25, 0.3) is 0 Å². The van der Waals surface area contributed by atoms with E-state index in [9.17, 15) is 4.79 Å². The predicted molar refractivity (Wildman–Crippen MR) is 73.6 cm³/mol. The van der Waals surface area contributed by atoms with E-state index in [0.717, 1.165) is 22.3 Å². The van der Waals surface area contributed by atoms with Crippen LogP contribution in [0.25, 0.3) is 0 Å². The number of hydrogen-bond donors (Lipinski definition) is 0. The highest BCUT2D eigenvalue weighted by Crippen LogP contribution is 2.20. The lowest BCUT2D eigenvalue weighted by Gasteiger charge is -2.10. The fourth-order valence-corrected chi connectivity index (χ4v) is 2.17. The van der Waals surface area contributed by atoms with Gasteiger partial charge < -0.3 is 0 Å². The molecule has 0 saturated carbocycles. The topological polar surface area (TPSA) is 17.1 Å². The van der Waals surface area contributed by atoms with Crippen LogP contribution in [0.4, 0.5) is 0 Å². The molecule has 0 aliphatic rings. The van der Waals surface area contributed by atoms with Crippen molar-refractivity contribution >= 4 is 5.78 Å². The zero-order chi connectivity index (χ0) is 13.0. The maximum absolute atomic E-state index is 12.4. The Labute approximate surface area is 104 Å². The van der Waals surface area contributed by atoms with Gasteiger partial charge in [0.15, 0.2) is 5.78 Å². The van der Waals surface area contributed by atoms with E-state index >= 15 is 0 Å². The zero-order valence-corrected chi connectivity index (χ0v) is 11.3. The Bertz CT molecular complexity index is 467. The first-order valence-corrected chi connectivity index (χ1v) is 5.92. The predicted octanol–water partition coefficient (Wildman–Crippen LogP) is 4.32. The van der Waals surface area contributed by atoms with Crippen LogP contribution in [-0.4, -0.2) is 5.78 Å². The van der Waals surface area contributed by atoms with E-state index in [4.69, 9.17) is 0 Å². The minimum Gasteiger partial charge on any atom is -0.289 e. The lowest BCUT2D eigenvalue weighted by Crippen LogP contribution is -2.07. The number of allylic oxidation sites excluding steroid dienone is 4. The first-order valence-electron chi connectivity index (χ1n) is 5.92. The molecule has 0 aliphatic heterocycles. The van der Waals surface area contributed by atoms with Crippen LogP contribution >= 0.6 is 0 Å². The number of benzene rings is 1. The number of aryl methyl sites for hydroxylation is 3. The van der Waals surface area contributed by atoms with Gasteiger partial charge in [-0.3, -0.25) is 4.79 Å². The van der Waals surface area contributed by atoms with Gasteiger partial charge in [-0.15, -0.1) is 0 Å². The molecule has 0 spiro atoms. The van der Waals surface area contributed by atoms with E-state index in [1.807, 2.05) is 45.9 Å². The molecule has 90 valence electrons. The summed E-state index contributed by atoms with van der Waals surface area (Å²) in [5, 5.41) is 0. The second kappa shape index (κ2) is 5.62. The number of carbonyl (C=O) groups excluding carboxylic acids is 1. The number of Topliss-reactive ketones (excluding diaryl/α,β-unsaturated/α-hetero) is 1. The van der Waals surface area contributed by atoms with Crippen molar-refractivity contribution in [1.29, 1.82) is 0 Å². The van der Waals surface area contributed by atoms with Crippen molar-refractivity contribution in [2.75, 3.05) is 0 Å². The van der Waals surface area contributed by atoms with Gasteiger partial charge in [-0.25, -0.2) is 0 Å². The van der Waals surface area contributed by atoms with Crippen LogP contribution in [0.1, 0.15) is 40.9 Å². The third-order valence-corrected chi connectivity index (χ3v) is 2.82. The van der Waals surface area contributed by atoms with E-state index in [0.29, 0.717) is 0 Å². The van der Waals surface area contributed by atoms with Crippen molar-refractivity contribution in [3.8, 4) is 0 Å². The standard InChI is InChI=1S/C16H20O/c1-6-8-14(7-2)16(17)15-12(4)9-11(3)10-13(15)5/h6-10H,1-5H3/b8-6-,14-7+. The molecule has 0 bridgehead atoms. The molecule has 1 aromatic rings. The molecule has 0 fully saturated rings. The zero-order valence-electron chi connectivity index (χ0n) is 11.3. The van der Waals surface area contributed by atoms with Gasteiger partial charge in [0, 0.05) is 11.1 Å². The van der Waals surface area contributed by atoms with Crippen molar-refractivity contribution in [1.82, 2.24) is 0 Å². The average molecular weight is 228 g/mol. The molecule has 0 unspecified atom stereocenters.